The molecule has 0 N–H and O–H groups in total. The van der Waals surface area contributed by atoms with Crippen LogP contribution in [-0.4, -0.2) is 86.1 Å². The Bertz CT molecular complexity index is 1870. The number of carbonyl (C=O) groups is 2. The highest BCUT2D eigenvalue weighted by Gasteiger charge is 2.71. The molecule has 260 valence electrons. The van der Waals surface area contributed by atoms with Crippen molar-refractivity contribution in [1.82, 2.24) is 24.3 Å². The monoisotopic (exact) mass is 692 g/mol. The normalized spacial score (nSPS) is 29.1. The third-order valence-corrected chi connectivity index (χ3v) is 12.5. The molecule has 5 fully saturated rings. The number of imidazole rings is 1. The number of alkyl halides is 2. The van der Waals surface area contributed by atoms with Gasteiger partial charge in [0, 0.05) is 55.4 Å². The maximum absolute atomic E-state index is 14.7. The summed E-state index contributed by atoms with van der Waals surface area (Å²) in [4.78, 5) is 43.1. The van der Waals surface area contributed by atoms with E-state index in [2.05, 4.69) is 26.6 Å². The van der Waals surface area contributed by atoms with E-state index in [1.165, 1.54) is 0 Å². The van der Waals surface area contributed by atoms with Crippen molar-refractivity contribution >= 4 is 40.3 Å². The molecule has 6 aliphatic rings. The van der Waals surface area contributed by atoms with Crippen molar-refractivity contribution in [3.05, 3.63) is 41.3 Å². The minimum atomic E-state index is -2.55. The van der Waals surface area contributed by atoms with Gasteiger partial charge in [-0.3, -0.25) is 9.69 Å². The van der Waals surface area contributed by atoms with Crippen molar-refractivity contribution in [2.24, 2.45) is 5.41 Å². The SMILES string of the molecule is CC(C)(C)OC(=O)N1CCC2(CC1)C(=O)N(C1CC(N3CCCC4(C3)CC4(F)F)C1)c1cc(-c3cc4ncn(C5CC5)c4c(Cl)n3)ccc12. The lowest BCUT2D eigenvalue weighted by Crippen LogP contribution is -2.59. The molecule has 1 unspecified atom stereocenters. The van der Waals surface area contributed by atoms with Gasteiger partial charge in [-0.1, -0.05) is 23.7 Å². The number of aromatic nitrogens is 3. The third-order valence-electron chi connectivity index (χ3n) is 12.2. The Balaban J connectivity index is 1.02. The van der Waals surface area contributed by atoms with Crippen LogP contribution in [0.1, 0.15) is 90.2 Å². The summed E-state index contributed by atoms with van der Waals surface area (Å²) < 4.78 is 36.4. The number of amides is 2. The Kier molecular flexibility index (Phi) is 6.85. The maximum Gasteiger partial charge on any atom is 0.410 e. The van der Waals surface area contributed by atoms with Gasteiger partial charge in [0.25, 0.3) is 5.92 Å². The highest BCUT2D eigenvalue weighted by molar-refractivity contribution is 6.34. The Morgan fingerprint density at radius 1 is 1.02 bits per heavy atom. The summed E-state index contributed by atoms with van der Waals surface area (Å²) in [7, 11) is 0. The van der Waals surface area contributed by atoms with Gasteiger partial charge < -0.3 is 19.1 Å². The molecule has 9 nitrogen and oxygen atoms in total. The van der Waals surface area contributed by atoms with Crippen LogP contribution in [0.2, 0.25) is 5.15 Å². The van der Waals surface area contributed by atoms with Crippen molar-refractivity contribution < 1.29 is 23.1 Å². The topological polar surface area (TPSA) is 83.8 Å². The predicted molar refractivity (Wildman–Crippen MR) is 182 cm³/mol. The van der Waals surface area contributed by atoms with E-state index in [0.717, 1.165) is 66.5 Å². The Hall–Kier alpha value is -3.31. The third kappa shape index (κ3) is 5.00. The smallest absolute Gasteiger partial charge is 0.410 e. The molecule has 3 aliphatic heterocycles. The second-order valence-electron chi connectivity index (χ2n) is 16.5. The van der Waals surface area contributed by atoms with Crippen LogP contribution in [0.5, 0.6) is 0 Å². The van der Waals surface area contributed by atoms with E-state index in [-0.39, 0.29) is 30.5 Å². The molecule has 1 atom stereocenters. The van der Waals surface area contributed by atoms with Crippen LogP contribution < -0.4 is 4.90 Å². The quantitative estimate of drug-likeness (QED) is 0.266. The Morgan fingerprint density at radius 2 is 1.76 bits per heavy atom. The van der Waals surface area contributed by atoms with Crippen LogP contribution in [0.15, 0.2) is 30.6 Å². The van der Waals surface area contributed by atoms with Crippen molar-refractivity contribution in [2.45, 2.75) is 114 Å². The zero-order valence-corrected chi connectivity index (χ0v) is 29.1. The van der Waals surface area contributed by atoms with Crippen molar-refractivity contribution in [2.75, 3.05) is 31.1 Å². The fourth-order valence-electron chi connectivity index (χ4n) is 9.16. The fourth-order valence-corrected chi connectivity index (χ4v) is 9.44. The number of rotatable bonds is 4. The molecule has 12 heteroatoms. The molecule has 3 aromatic rings. The molecule has 0 bridgehead atoms. The van der Waals surface area contributed by atoms with Gasteiger partial charge in [-0.25, -0.2) is 23.5 Å². The first-order valence-corrected chi connectivity index (χ1v) is 18.3. The first kappa shape index (κ1) is 31.7. The molecule has 2 saturated heterocycles. The van der Waals surface area contributed by atoms with Gasteiger partial charge in [-0.15, -0.1) is 0 Å². The minimum absolute atomic E-state index is 0.000907. The van der Waals surface area contributed by atoms with Gasteiger partial charge in [0.2, 0.25) is 5.91 Å². The van der Waals surface area contributed by atoms with E-state index in [1.54, 1.807) is 4.90 Å². The van der Waals surface area contributed by atoms with Crippen LogP contribution in [0.3, 0.4) is 0 Å². The highest BCUT2D eigenvalue weighted by atomic mass is 35.5. The van der Waals surface area contributed by atoms with E-state index >= 15 is 0 Å². The second kappa shape index (κ2) is 10.6. The molecular formula is C37H43ClF2N6O3. The average molecular weight is 693 g/mol. The van der Waals surface area contributed by atoms with Gasteiger partial charge >= 0.3 is 6.09 Å². The number of ether oxygens (including phenoxy) is 1. The lowest BCUT2D eigenvalue weighted by atomic mass is 9.73. The number of benzene rings is 1. The summed E-state index contributed by atoms with van der Waals surface area (Å²) >= 11 is 6.78. The molecule has 1 aromatic carbocycles. The number of halogens is 3. The van der Waals surface area contributed by atoms with Crippen LogP contribution in [0.4, 0.5) is 19.3 Å². The lowest BCUT2D eigenvalue weighted by molar-refractivity contribution is -0.126. The molecule has 2 amide bonds. The largest absolute Gasteiger partial charge is 0.444 e. The fraction of sp³-hybridized carbons (Fsp3) is 0.622. The zero-order chi connectivity index (χ0) is 34.1. The van der Waals surface area contributed by atoms with Gasteiger partial charge in [0.15, 0.2) is 5.15 Å². The molecule has 49 heavy (non-hydrogen) atoms. The highest BCUT2D eigenvalue weighted by Crippen LogP contribution is 2.65. The van der Waals surface area contributed by atoms with Crippen molar-refractivity contribution in [1.29, 1.82) is 0 Å². The Labute approximate surface area is 289 Å². The number of carbonyl (C=O) groups excluding carboxylic acids is 2. The molecule has 2 aromatic heterocycles. The number of anilines is 1. The number of hydrogen-bond acceptors (Lipinski definition) is 6. The number of nitrogens with zero attached hydrogens (tertiary/aromatic N) is 6. The lowest BCUT2D eigenvalue weighted by Gasteiger charge is -2.49. The van der Waals surface area contributed by atoms with Gasteiger partial charge in [0.1, 0.15) is 11.1 Å². The van der Waals surface area contributed by atoms with Crippen molar-refractivity contribution in [3.8, 4) is 11.3 Å². The van der Waals surface area contributed by atoms with Crippen molar-refractivity contribution in [3.63, 3.8) is 0 Å². The first-order valence-electron chi connectivity index (χ1n) is 17.9. The summed E-state index contributed by atoms with van der Waals surface area (Å²) in [6.07, 6.45) is 7.62. The number of fused-ring (bicyclic) bond motifs is 3. The number of pyridine rings is 1. The number of piperidine rings is 2. The standard InChI is InChI=1S/C37H43ClF2N6O3/c1-34(2,3)49-33(48)43-13-10-36(11-14-43)26-8-5-22(27-18-28-30(31(38)42-27)45(21-41-28)23-6-7-23)15-29(26)46(32(36)47)25-16-24(17-25)44-12-4-9-35(20-44)19-37(35,39)40/h5,8,15,18,21,23-25H,4,6-7,9-14,16-17,19-20H2,1-3H3. The summed E-state index contributed by atoms with van der Waals surface area (Å²) in [6.45, 7) is 7.68. The zero-order valence-electron chi connectivity index (χ0n) is 28.4. The maximum atomic E-state index is 14.7. The Morgan fingerprint density at radius 3 is 2.43 bits per heavy atom. The van der Waals surface area contributed by atoms with Crippen LogP contribution in [0.25, 0.3) is 22.3 Å². The molecule has 3 saturated carbocycles. The summed E-state index contributed by atoms with van der Waals surface area (Å²) in [6, 6.07) is 8.71. The summed E-state index contributed by atoms with van der Waals surface area (Å²) in [5.74, 6) is -2.48. The van der Waals surface area contributed by atoms with Gasteiger partial charge in [-0.05, 0) is 96.4 Å². The summed E-state index contributed by atoms with van der Waals surface area (Å²) in [5, 5.41) is 0.415. The van der Waals surface area contributed by atoms with E-state index in [4.69, 9.17) is 21.3 Å². The molecule has 0 radical (unpaired) electrons. The predicted octanol–water partition coefficient (Wildman–Crippen LogP) is 7.35. The number of hydrogen-bond donors (Lipinski definition) is 0. The van der Waals surface area contributed by atoms with E-state index in [9.17, 15) is 18.4 Å². The van der Waals surface area contributed by atoms with E-state index < -0.39 is 22.4 Å². The van der Waals surface area contributed by atoms with Crippen LogP contribution in [0, 0.1) is 5.41 Å². The average Bonchev–Trinajstić information content (AvgIpc) is 3.88. The molecule has 3 aliphatic carbocycles. The molecule has 2 spiro atoms. The van der Waals surface area contributed by atoms with Crippen LogP contribution in [-0.2, 0) is 14.9 Å². The van der Waals surface area contributed by atoms with Crippen LogP contribution >= 0.6 is 11.6 Å². The molecule has 9 rings (SSSR count). The molecular weight excluding hydrogens is 650 g/mol. The second-order valence-corrected chi connectivity index (χ2v) is 16.9. The van der Waals surface area contributed by atoms with Gasteiger partial charge in [0.05, 0.1) is 28.4 Å². The van der Waals surface area contributed by atoms with Gasteiger partial charge in [-0.2, -0.15) is 0 Å². The minimum Gasteiger partial charge on any atom is -0.444 e. The first-order chi connectivity index (χ1) is 23.3. The van der Waals surface area contributed by atoms with E-state index in [0.29, 0.717) is 55.8 Å². The summed E-state index contributed by atoms with van der Waals surface area (Å²) in [5.41, 5.74) is 2.86. The molecule has 5 heterocycles. The van der Waals surface area contributed by atoms with E-state index in [1.807, 2.05) is 44.1 Å². The number of likely N-dealkylation sites (tertiary alicyclic amines) is 2.